The number of hydrogen-bond donors (Lipinski definition) is 1. The van der Waals surface area contributed by atoms with Gasteiger partial charge in [0.15, 0.2) is 0 Å². The highest BCUT2D eigenvalue weighted by Gasteiger charge is 2.13. The normalized spacial score (nSPS) is 11.5. The molecule has 1 N–H and O–H groups in total. The van der Waals surface area contributed by atoms with Crippen LogP contribution >= 0.6 is 0 Å². The van der Waals surface area contributed by atoms with Crippen molar-refractivity contribution in [3.8, 4) is 0 Å². The summed E-state index contributed by atoms with van der Waals surface area (Å²) in [6.45, 7) is 8.65. The lowest BCUT2D eigenvalue weighted by Gasteiger charge is -2.12. The molecule has 0 fully saturated rings. The van der Waals surface area contributed by atoms with Gasteiger partial charge in [-0.25, -0.2) is 0 Å². The van der Waals surface area contributed by atoms with Gasteiger partial charge in [-0.3, -0.25) is 0 Å². The summed E-state index contributed by atoms with van der Waals surface area (Å²) in [6, 6.07) is 2.08. The molecule has 0 saturated carbocycles. The highest BCUT2D eigenvalue weighted by atomic mass is 15.3. The summed E-state index contributed by atoms with van der Waals surface area (Å²) in [5.74, 6) is 0.488. The van der Waals surface area contributed by atoms with Crippen LogP contribution in [0.2, 0.25) is 0 Å². The van der Waals surface area contributed by atoms with E-state index < -0.39 is 0 Å². The van der Waals surface area contributed by atoms with Crippen LogP contribution < -0.4 is 0 Å². The van der Waals surface area contributed by atoms with Crippen molar-refractivity contribution in [2.75, 3.05) is 0 Å². The number of fused-ring (bicyclic) bond motifs is 1. The second kappa shape index (κ2) is 3.08. The first-order valence-electron chi connectivity index (χ1n) is 4.92. The first-order chi connectivity index (χ1) is 6.61. The van der Waals surface area contributed by atoms with E-state index in [0.29, 0.717) is 5.92 Å². The molecular formula is C11H15N3. The molecule has 2 aromatic rings. The minimum Gasteiger partial charge on any atom is -0.197 e. The van der Waals surface area contributed by atoms with Gasteiger partial charge in [0, 0.05) is 0 Å². The Labute approximate surface area is 83.5 Å². The van der Waals surface area contributed by atoms with E-state index >= 15 is 0 Å². The maximum atomic E-state index is 4.21. The molecule has 0 aliphatic rings. The second-order valence-corrected chi connectivity index (χ2v) is 4.08. The quantitative estimate of drug-likeness (QED) is 0.749. The Morgan fingerprint density at radius 3 is 2.57 bits per heavy atom. The third-order valence-electron chi connectivity index (χ3n) is 2.76. The Morgan fingerprint density at radius 1 is 1.21 bits per heavy atom. The highest BCUT2D eigenvalue weighted by molar-refractivity contribution is 5.80. The van der Waals surface area contributed by atoms with E-state index in [1.807, 2.05) is 0 Å². The zero-order valence-electron chi connectivity index (χ0n) is 9.05. The summed E-state index contributed by atoms with van der Waals surface area (Å²) in [4.78, 5) is 0. The Kier molecular flexibility index (Phi) is 2.02. The lowest BCUT2D eigenvalue weighted by Crippen LogP contribution is -1.96. The number of aryl methyl sites for hydroxylation is 1. The first-order valence-corrected chi connectivity index (χ1v) is 4.92. The molecule has 0 aliphatic carbocycles. The predicted octanol–water partition coefficient (Wildman–Crippen LogP) is 2.70. The van der Waals surface area contributed by atoms with Crippen LogP contribution in [0.25, 0.3) is 11.0 Å². The number of nitrogens with zero attached hydrogens (tertiary/aromatic N) is 2. The van der Waals surface area contributed by atoms with Crippen LogP contribution in [0.3, 0.4) is 0 Å². The van der Waals surface area contributed by atoms with Crippen molar-refractivity contribution in [1.29, 1.82) is 0 Å². The van der Waals surface area contributed by atoms with Gasteiger partial charge in [0.1, 0.15) is 11.0 Å². The van der Waals surface area contributed by atoms with E-state index in [1.165, 1.54) is 16.7 Å². The smallest absolute Gasteiger partial charge is 0.116 e. The summed E-state index contributed by atoms with van der Waals surface area (Å²) in [6.07, 6.45) is 0. The zero-order chi connectivity index (χ0) is 10.3. The van der Waals surface area contributed by atoms with Gasteiger partial charge >= 0.3 is 0 Å². The molecule has 0 bridgehead atoms. The van der Waals surface area contributed by atoms with E-state index in [1.54, 1.807) is 0 Å². The molecule has 0 amide bonds. The summed E-state index contributed by atoms with van der Waals surface area (Å²) >= 11 is 0. The summed E-state index contributed by atoms with van der Waals surface area (Å²) in [5.41, 5.74) is 5.92. The largest absolute Gasteiger partial charge is 0.197 e. The van der Waals surface area contributed by atoms with Crippen molar-refractivity contribution in [3.05, 3.63) is 22.8 Å². The Balaban J connectivity index is 2.86. The molecule has 14 heavy (non-hydrogen) atoms. The van der Waals surface area contributed by atoms with Gasteiger partial charge in [-0.2, -0.15) is 15.4 Å². The number of hydrogen-bond acceptors (Lipinski definition) is 2. The summed E-state index contributed by atoms with van der Waals surface area (Å²) in [7, 11) is 0. The number of benzene rings is 1. The number of rotatable bonds is 1. The van der Waals surface area contributed by atoms with Crippen molar-refractivity contribution >= 4 is 11.0 Å². The van der Waals surface area contributed by atoms with E-state index in [4.69, 9.17) is 0 Å². The molecule has 0 spiro atoms. The second-order valence-electron chi connectivity index (χ2n) is 4.08. The van der Waals surface area contributed by atoms with Crippen LogP contribution in [0.15, 0.2) is 6.07 Å². The van der Waals surface area contributed by atoms with E-state index in [2.05, 4.69) is 49.2 Å². The fraction of sp³-hybridized carbons (Fsp3) is 0.455. The molecule has 3 nitrogen and oxygen atoms in total. The third kappa shape index (κ3) is 1.20. The van der Waals surface area contributed by atoms with Crippen LogP contribution in [0.4, 0.5) is 0 Å². The van der Waals surface area contributed by atoms with Crippen LogP contribution in [0, 0.1) is 13.8 Å². The maximum absolute atomic E-state index is 4.21. The zero-order valence-corrected chi connectivity index (χ0v) is 9.05. The molecule has 74 valence electrons. The van der Waals surface area contributed by atoms with E-state index in [9.17, 15) is 0 Å². The molecule has 0 unspecified atom stereocenters. The van der Waals surface area contributed by atoms with Crippen molar-refractivity contribution in [2.24, 2.45) is 0 Å². The van der Waals surface area contributed by atoms with Crippen molar-refractivity contribution in [1.82, 2.24) is 15.4 Å². The van der Waals surface area contributed by atoms with Crippen LogP contribution in [-0.4, -0.2) is 15.4 Å². The fourth-order valence-corrected chi connectivity index (χ4v) is 1.95. The average molecular weight is 189 g/mol. The van der Waals surface area contributed by atoms with Crippen molar-refractivity contribution < 1.29 is 0 Å². The van der Waals surface area contributed by atoms with Crippen LogP contribution in [-0.2, 0) is 0 Å². The molecule has 1 heterocycles. The monoisotopic (exact) mass is 189 g/mol. The maximum Gasteiger partial charge on any atom is 0.116 e. The topological polar surface area (TPSA) is 41.6 Å². The molecule has 0 saturated heterocycles. The molecule has 0 aliphatic heterocycles. The van der Waals surface area contributed by atoms with E-state index in [0.717, 1.165) is 11.0 Å². The third-order valence-corrected chi connectivity index (χ3v) is 2.76. The summed E-state index contributed by atoms with van der Waals surface area (Å²) < 4.78 is 0. The minimum absolute atomic E-state index is 0.488. The highest BCUT2D eigenvalue weighted by Crippen LogP contribution is 2.28. The lowest BCUT2D eigenvalue weighted by molar-refractivity contribution is 0.857. The molecular weight excluding hydrogens is 174 g/mol. The molecule has 1 aromatic heterocycles. The first kappa shape index (κ1) is 9.19. The number of nitrogens with one attached hydrogen (secondary N) is 1. The average Bonchev–Trinajstić information content (AvgIpc) is 2.52. The molecule has 0 radical (unpaired) electrons. The van der Waals surface area contributed by atoms with Crippen molar-refractivity contribution in [3.63, 3.8) is 0 Å². The molecule has 1 aromatic carbocycles. The van der Waals surface area contributed by atoms with Gasteiger partial charge in [0.2, 0.25) is 0 Å². The standard InChI is InChI=1S/C11H15N3/c1-6(2)10-8(4)7(3)5-9-11(10)13-14-12-9/h5-6H,1-4H3,(H,12,13,14). The molecule has 2 rings (SSSR count). The Morgan fingerprint density at radius 2 is 1.93 bits per heavy atom. The minimum atomic E-state index is 0.488. The Bertz CT molecular complexity index is 469. The lowest BCUT2D eigenvalue weighted by atomic mass is 9.93. The fourth-order valence-electron chi connectivity index (χ4n) is 1.95. The SMILES string of the molecule is Cc1cc2n[nH]nc2c(C(C)C)c1C. The predicted molar refractivity (Wildman–Crippen MR) is 57.5 cm³/mol. The number of aromatic nitrogens is 3. The van der Waals surface area contributed by atoms with Gasteiger partial charge in [-0.15, -0.1) is 0 Å². The Hall–Kier alpha value is -1.38. The van der Waals surface area contributed by atoms with Gasteiger partial charge in [0.25, 0.3) is 0 Å². The van der Waals surface area contributed by atoms with Crippen LogP contribution in [0.5, 0.6) is 0 Å². The van der Waals surface area contributed by atoms with Crippen molar-refractivity contribution in [2.45, 2.75) is 33.6 Å². The number of aromatic amines is 1. The van der Waals surface area contributed by atoms with Gasteiger partial charge in [0.05, 0.1) is 0 Å². The van der Waals surface area contributed by atoms with Gasteiger partial charge in [-0.05, 0) is 42.5 Å². The van der Waals surface area contributed by atoms with Crippen LogP contribution in [0.1, 0.15) is 36.5 Å². The summed E-state index contributed by atoms with van der Waals surface area (Å²) in [5, 5.41) is 11.0. The number of H-pyrrole nitrogens is 1. The van der Waals surface area contributed by atoms with E-state index in [-0.39, 0.29) is 0 Å². The molecule has 3 heteroatoms. The van der Waals surface area contributed by atoms with Gasteiger partial charge < -0.3 is 0 Å². The molecule has 0 atom stereocenters. The van der Waals surface area contributed by atoms with Gasteiger partial charge in [-0.1, -0.05) is 13.8 Å².